The summed E-state index contributed by atoms with van der Waals surface area (Å²) in [5, 5.41) is 5.49. The summed E-state index contributed by atoms with van der Waals surface area (Å²) < 4.78 is 0. The second-order valence-electron chi connectivity index (χ2n) is 6.17. The smallest absolute Gasteiger partial charge is 0.270 e. The molecule has 2 amide bonds. The van der Waals surface area contributed by atoms with Crippen LogP contribution in [-0.4, -0.2) is 35.6 Å². The van der Waals surface area contributed by atoms with Crippen molar-refractivity contribution < 1.29 is 9.59 Å². The number of thioether (sulfide) groups is 1. The second kappa shape index (κ2) is 7.66. The fraction of sp³-hybridized carbons (Fsp3) is 0.389. The SMILES string of the molecule is C=C1C=C(c2cc(C(=O)NC)nc(C(=O)N[C@H](C)C(C)C)c2)SC1. The van der Waals surface area contributed by atoms with Crippen LogP contribution in [0.3, 0.4) is 0 Å². The van der Waals surface area contributed by atoms with Gasteiger partial charge in [0.1, 0.15) is 11.4 Å². The number of hydrogen-bond donors (Lipinski definition) is 2. The van der Waals surface area contributed by atoms with Crippen molar-refractivity contribution in [3.63, 3.8) is 0 Å². The van der Waals surface area contributed by atoms with E-state index in [9.17, 15) is 9.59 Å². The Labute approximate surface area is 147 Å². The van der Waals surface area contributed by atoms with E-state index in [4.69, 9.17) is 0 Å². The highest BCUT2D eigenvalue weighted by Gasteiger charge is 2.20. The van der Waals surface area contributed by atoms with Gasteiger partial charge in [0.25, 0.3) is 11.8 Å². The zero-order valence-corrected chi connectivity index (χ0v) is 15.3. The van der Waals surface area contributed by atoms with Crippen molar-refractivity contribution in [3.05, 3.63) is 47.3 Å². The van der Waals surface area contributed by atoms with E-state index in [1.807, 2.05) is 26.8 Å². The Morgan fingerprint density at radius 1 is 1.21 bits per heavy atom. The molecular weight excluding hydrogens is 322 g/mol. The second-order valence-corrected chi connectivity index (χ2v) is 7.18. The summed E-state index contributed by atoms with van der Waals surface area (Å²) >= 11 is 1.64. The first-order chi connectivity index (χ1) is 11.3. The predicted molar refractivity (Wildman–Crippen MR) is 99.0 cm³/mol. The van der Waals surface area contributed by atoms with Crippen LogP contribution in [0.15, 0.2) is 30.4 Å². The van der Waals surface area contributed by atoms with Gasteiger partial charge in [-0.2, -0.15) is 0 Å². The molecule has 0 bridgehead atoms. The van der Waals surface area contributed by atoms with Crippen molar-refractivity contribution in [1.82, 2.24) is 15.6 Å². The molecule has 0 saturated heterocycles. The molecule has 0 spiro atoms. The number of carbonyl (C=O) groups is 2. The third-order valence-corrected chi connectivity index (χ3v) is 5.09. The Morgan fingerprint density at radius 2 is 1.83 bits per heavy atom. The van der Waals surface area contributed by atoms with Crippen molar-refractivity contribution >= 4 is 28.5 Å². The number of aromatic nitrogens is 1. The summed E-state index contributed by atoms with van der Waals surface area (Å²) in [7, 11) is 1.54. The number of rotatable bonds is 5. The van der Waals surface area contributed by atoms with Gasteiger partial charge >= 0.3 is 0 Å². The molecule has 6 heteroatoms. The van der Waals surface area contributed by atoms with Crippen LogP contribution in [0, 0.1) is 5.92 Å². The predicted octanol–water partition coefficient (Wildman–Crippen LogP) is 2.86. The van der Waals surface area contributed by atoms with Crippen LogP contribution in [0.25, 0.3) is 4.91 Å². The summed E-state index contributed by atoms with van der Waals surface area (Å²) in [4.78, 5) is 29.7. The van der Waals surface area contributed by atoms with Crippen LogP contribution in [0.4, 0.5) is 0 Å². The molecule has 1 aromatic rings. The molecule has 0 radical (unpaired) electrons. The zero-order valence-electron chi connectivity index (χ0n) is 14.5. The highest BCUT2D eigenvalue weighted by Crippen LogP contribution is 2.36. The summed E-state index contributed by atoms with van der Waals surface area (Å²) in [6.45, 7) is 9.97. The standard InChI is InChI=1S/C18H23N3O2S/c1-10(2)12(4)20-18(23)15-8-13(16-6-11(3)9-24-16)7-14(21-15)17(22)19-5/h6-8,10,12H,3,9H2,1-2,4-5H3,(H,19,22)(H,20,23)/t12-/m1/s1. The van der Waals surface area contributed by atoms with E-state index in [0.29, 0.717) is 5.92 Å². The average Bonchev–Trinajstić information content (AvgIpc) is 2.99. The summed E-state index contributed by atoms with van der Waals surface area (Å²) in [6.07, 6.45) is 1.98. The van der Waals surface area contributed by atoms with Gasteiger partial charge in [0.15, 0.2) is 0 Å². The Balaban J connectivity index is 2.39. The molecule has 1 aromatic heterocycles. The first-order valence-electron chi connectivity index (χ1n) is 7.89. The van der Waals surface area contributed by atoms with E-state index in [0.717, 1.165) is 21.8 Å². The first-order valence-corrected chi connectivity index (χ1v) is 8.88. The molecule has 0 fully saturated rings. The van der Waals surface area contributed by atoms with Gasteiger partial charge in [0.05, 0.1) is 0 Å². The lowest BCUT2D eigenvalue weighted by Crippen LogP contribution is -2.37. The molecule has 24 heavy (non-hydrogen) atoms. The molecule has 2 rings (SSSR count). The first kappa shape index (κ1) is 18.3. The summed E-state index contributed by atoms with van der Waals surface area (Å²) in [5.41, 5.74) is 2.32. The zero-order chi connectivity index (χ0) is 17.9. The lowest BCUT2D eigenvalue weighted by Gasteiger charge is -2.17. The van der Waals surface area contributed by atoms with Gasteiger partial charge in [0.2, 0.25) is 0 Å². The molecule has 0 aliphatic carbocycles. The van der Waals surface area contributed by atoms with E-state index in [1.165, 1.54) is 0 Å². The van der Waals surface area contributed by atoms with Crippen LogP contribution in [0.2, 0.25) is 0 Å². The van der Waals surface area contributed by atoms with Crippen molar-refractivity contribution in [2.45, 2.75) is 26.8 Å². The average molecular weight is 345 g/mol. The van der Waals surface area contributed by atoms with Crippen molar-refractivity contribution in [3.8, 4) is 0 Å². The molecule has 0 unspecified atom stereocenters. The van der Waals surface area contributed by atoms with E-state index < -0.39 is 0 Å². The number of amides is 2. The minimum Gasteiger partial charge on any atom is -0.354 e. The maximum Gasteiger partial charge on any atom is 0.270 e. The van der Waals surface area contributed by atoms with Crippen LogP contribution < -0.4 is 10.6 Å². The van der Waals surface area contributed by atoms with Crippen molar-refractivity contribution in [2.24, 2.45) is 5.92 Å². The van der Waals surface area contributed by atoms with Crippen LogP contribution in [0.5, 0.6) is 0 Å². The molecule has 2 heterocycles. The minimum absolute atomic E-state index is 0.0197. The van der Waals surface area contributed by atoms with Gasteiger partial charge < -0.3 is 10.6 Å². The highest BCUT2D eigenvalue weighted by molar-refractivity contribution is 8.08. The molecule has 128 valence electrons. The minimum atomic E-state index is -0.315. The number of nitrogens with one attached hydrogen (secondary N) is 2. The van der Waals surface area contributed by atoms with Crippen LogP contribution in [0.1, 0.15) is 47.3 Å². The number of carbonyl (C=O) groups excluding carboxylic acids is 2. The Kier molecular flexibility index (Phi) is 5.83. The van der Waals surface area contributed by atoms with Crippen LogP contribution in [-0.2, 0) is 0 Å². The highest BCUT2D eigenvalue weighted by atomic mass is 32.2. The molecule has 1 aliphatic heterocycles. The molecule has 5 nitrogen and oxygen atoms in total. The number of nitrogens with zero attached hydrogens (tertiary/aromatic N) is 1. The Hall–Kier alpha value is -2.08. The van der Waals surface area contributed by atoms with E-state index in [2.05, 4.69) is 22.2 Å². The molecule has 0 aromatic carbocycles. The molecule has 2 N–H and O–H groups in total. The normalized spacial score (nSPS) is 15.2. The van der Waals surface area contributed by atoms with Gasteiger partial charge in [-0.3, -0.25) is 9.59 Å². The Bertz CT molecular complexity index is 710. The molecular formula is C18H23N3O2S. The largest absolute Gasteiger partial charge is 0.354 e. The maximum atomic E-state index is 12.5. The molecule has 1 atom stereocenters. The van der Waals surface area contributed by atoms with Crippen molar-refractivity contribution in [2.75, 3.05) is 12.8 Å². The van der Waals surface area contributed by atoms with E-state index in [1.54, 1.807) is 30.9 Å². The fourth-order valence-electron chi connectivity index (χ4n) is 2.09. The molecule has 1 aliphatic rings. The lowest BCUT2D eigenvalue weighted by molar-refractivity contribution is 0.0925. The number of allylic oxidation sites excluding steroid dienone is 1. The van der Waals surface area contributed by atoms with Crippen LogP contribution >= 0.6 is 11.8 Å². The van der Waals surface area contributed by atoms with Gasteiger partial charge in [-0.05, 0) is 42.2 Å². The lowest BCUT2D eigenvalue weighted by atomic mass is 10.1. The van der Waals surface area contributed by atoms with E-state index >= 15 is 0 Å². The Morgan fingerprint density at radius 3 is 2.33 bits per heavy atom. The fourth-order valence-corrected chi connectivity index (χ4v) is 3.05. The topological polar surface area (TPSA) is 71.1 Å². The third kappa shape index (κ3) is 4.26. The van der Waals surface area contributed by atoms with Gasteiger partial charge in [0, 0.05) is 23.7 Å². The summed E-state index contributed by atoms with van der Waals surface area (Å²) in [5.74, 6) is 0.543. The molecule has 0 saturated carbocycles. The monoisotopic (exact) mass is 345 g/mol. The number of hydrogen-bond acceptors (Lipinski definition) is 4. The van der Waals surface area contributed by atoms with Gasteiger partial charge in [-0.15, -0.1) is 11.8 Å². The van der Waals surface area contributed by atoms with Gasteiger partial charge in [-0.25, -0.2) is 4.98 Å². The van der Waals surface area contributed by atoms with Crippen molar-refractivity contribution in [1.29, 1.82) is 0 Å². The summed E-state index contributed by atoms with van der Waals surface area (Å²) in [6, 6.07) is 3.46. The number of pyridine rings is 1. The quantitative estimate of drug-likeness (QED) is 0.861. The maximum absolute atomic E-state index is 12.5. The third-order valence-electron chi connectivity index (χ3n) is 3.91. The van der Waals surface area contributed by atoms with Gasteiger partial charge in [-0.1, -0.05) is 20.4 Å². The van der Waals surface area contributed by atoms with E-state index in [-0.39, 0.29) is 29.2 Å².